The van der Waals surface area contributed by atoms with Crippen molar-refractivity contribution in [2.24, 2.45) is 5.92 Å². The highest BCUT2D eigenvalue weighted by Crippen LogP contribution is 2.39. The Morgan fingerprint density at radius 1 is 1.68 bits per heavy atom. The van der Waals surface area contributed by atoms with Crippen molar-refractivity contribution in [1.82, 2.24) is 20.3 Å². The Balaban J connectivity index is 1.61. The molecule has 1 atom stereocenters. The van der Waals surface area contributed by atoms with E-state index in [9.17, 15) is 10.1 Å². The number of hydrogen-bond acceptors (Lipinski definition) is 5. The number of halogens is 1. The summed E-state index contributed by atoms with van der Waals surface area (Å²) in [4.78, 5) is 23.5. The van der Waals surface area contributed by atoms with Crippen molar-refractivity contribution in [1.29, 1.82) is 5.26 Å². The van der Waals surface area contributed by atoms with Crippen LogP contribution in [0.2, 0.25) is 5.02 Å². The first-order valence-corrected chi connectivity index (χ1v) is 8.23. The van der Waals surface area contributed by atoms with Crippen LogP contribution in [-0.4, -0.2) is 32.2 Å². The Hall–Kier alpha value is -1.78. The fraction of sp³-hybridized carbons (Fsp3) is 0.429. The Morgan fingerprint density at radius 2 is 2.45 bits per heavy atom. The minimum Gasteiger partial charge on any atom is -0.337 e. The number of aromatic amines is 1. The van der Waals surface area contributed by atoms with Gasteiger partial charge < -0.3 is 10.3 Å². The van der Waals surface area contributed by atoms with E-state index in [2.05, 4.69) is 26.3 Å². The number of nitrogens with one attached hydrogen (secondary N) is 2. The minimum atomic E-state index is -0.763. The van der Waals surface area contributed by atoms with Gasteiger partial charge in [-0.3, -0.25) is 4.79 Å². The van der Waals surface area contributed by atoms with Gasteiger partial charge in [0.05, 0.1) is 22.4 Å². The number of amides is 1. The summed E-state index contributed by atoms with van der Waals surface area (Å²) >= 11 is 7.14. The molecule has 2 heterocycles. The second-order valence-electron chi connectivity index (χ2n) is 5.49. The molecule has 1 saturated carbocycles. The maximum absolute atomic E-state index is 12.0. The average molecular weight is 336 g/mol. The van der Waals surface area contributed by atoms with Gasteiger partial charge in [-0.05, 0) is 31.7 Å². The van der Waals surface area contributed by atoms with Crippen molar-refractivity contribution in [3.63, 3.8) is 0 Å². The quantitative estimate of drug-likeness (QED) is 0.819. The highest BCUT2D eigenvalue weighted by molar-refractivity contribution is 7.99. The summed E-state index contributed by atoms with van der Waals surface area (Å²) in [7, 11) is 0. The summed E-state index contributed by atoms with van der Waals surface area (Å²) < 4.78 is 0. The average Bonchev–Trinajstić information content (AvgIpc) is 3.26. The SMILES string of the molecule is CC(C#N)(NC(=O)CSc1nc2ncc(Cl)cc2[nH]1)C1CC1. The second kappa shape index (κ2) is 5.78. The fourth-order valence-corrected chi connectivity index (χ4v) is 3.09. The molecule has 3 rings (SSSR count). The fourth-order valence-electron chi connectivity index (χ4n) is 2.26. The molecule has 0 saturated heterocycles. The topological polar surface area (TPSA) is 94.5 Å². The van der Waals surface area contributed by atoms with Crippen molar-refractivity contribution in [2.75, 3.05) is 5.75 Å². The molecular weight excluding hydrogens is 322 g/mol. The molecule has 6 nitrogen and oxygen atoms in total. The monoisotopic (exact) mass is 335 g/mol. The molecule has 0 bridgehead atoms. The van der Waals surface area contributed by atoms with Gasteiger partial charge in [0.2, 0.25) is 5.91 Å². The molecular formula is C14H14ClN5OS. The van der Waals surface area contributed by atoms with Gasteiger partial charge in [-0.15, -0.1) is 0 Å². The molecule has 1 unspecified atom stereocenters. The lowest BCUT2D eigenvalue weighted by atomic mass is 9.98. The maximum atomic E-state index is 12.0. The van der Waals surface area contributed by atoms with Crippen LogP contribution in [0.3, 0.4) is 0 Å². The standard InChI is InChI=1S/C14H14ClN5OS/c1-14(7-16,8-2-3-8)20-11(21)6-22-13-18-10-4-9(15)5-17-12(10)19-13/h4-5,8H,2-3,6H2,1H3,(H,20,21)(H,17,18,19). The number of carbonyl (C=O) groups excluding carboxylic acids is 1. The predicted molar refractivity (Wildman–Crippen MR) is 84.5 cm³/mol. The van der Waals surface area contributed by atoms with E-state index >= 15 is 0 Å². The molecule has 22 heavy (non-hydrogen) atoms. The Kier molecular flexibility index (Phi) is 3.98. The zero-order chi connectivity index (χ0) is 15.7. The van der Waals surface area contributed by atoms with E-state index in [0.29, 0.717) is 15.8 Å². The van der Waals surface area contributed by atoms with Crippen LogP contribution in [0.5, 0.6) is 0 Å². The van der Waals surface area contributed by atoms with E-state index in [1.54, 1.807) is 13.0 Å². The molecule has 2 aromatic rings. The largest absolute Gasteiger partial charge is 0.337 e. The van der Waals surface area contributed by atoms with Gasteiger partial charge in [0, 0.05) is 6.20 Å². The summed E-state index contributed by atoms with van der Waals surface area (Å²) in [6, 6.07) is 3.94. The first-order chi connectivity index (χ1) is 10.5. The van der Waals surface area contributed by atoms with Gasteiger partial charge in [0.15, 0.2) is 10.8 Å². The normalized spacial score (nSPS) is 17.0. The maximum Gasteiger partial charge on any atom is 0.231 e. The van der Waals surface area contributed by atoms with Gasteiger partial charge >= 0.3 is 0 Å². The number of aromatic nitrogens is 3. The van der Waals surface area contributed by atoms with E-state index in [1.165, 1.54) is 18.0 Å². The lowest BCUT2D eigenvalue weighted by Gasteiger charge is -2.22. The Labute approximate surface area is 136 Å². The van der Waals surface area contributed by atoms with Gasteiger partial charge in [-0.2, -0.15) is 5.26 Å². The highest BCUT2D eigenvalue weighted by Gasteiger charge is 2.42. The van der Waals surface area contributed by atoms with E-state index in [-0.39, 0.29) is 17.6 Å². The summed E-state index contributed by atoms with van der Waals surface area (Å²) in [5, 5.41) is 13.2. The van der Waals surface area contributed by atoms with Crippen molar-refractivity contribution >= 4 is 40.4 Å². The summed E-state index contributed by atoms with van der Waals surface area (Å²) in [6.45, 7) is 1.78. The minimum absolute atomic E-state index is 0.174. The van der Waals surface area contributed by atoms with Crippen molar-refractivity contribution in [3.8, 4) is 6.07 Å². The van der Waals surface area contributed by atoms with Crippen molar-refractivity contribution in [2.45, 2.75) is 30.5 Å². The number of rotatable bonds is 5. The van der Waals surface area contributed by atoms with Gasteiger partial charge in [0.1, 0.15) is 5.54 Å². The lowest BCUT2D eigenvalue weighted by molar-refractivity contribution is -0.119. The first-order valence-electron chi connectivity index (χ1n) is 6.86. The van der Waals surface area contributed by atoms with E-state index in [0.717, 1.165) is 18.4 Å². The number of imidazole rings is 1. The molecule has 2 aromatic heterocycles. The third kappa shape index (κ3) is 3.18. The van der Waals surface area contributed by atoms with E-state index in [1.807, 2.05) is 0 Å². The number of carbonyl (C=O) groups is 1. The van der Waals surface area contributed by atoms with Crippen LogP contribution in [-0.2, 0) is 4.79 Å². The molecule has 1 aliphatic rings. The second-order valence-corrected chi connectivity index (χ2v) is 6.89. The zero-order valence-corrected chi connectivity index (χ0v) is 13.5. The number of hydrogen-bond donors (Lipinski definition) is 2. The van der Waals surface area contributed by atoms with Crippen molar-refractivity contribution in [3.05, 3.63) is 17.3 Å². The van der Waals surface area contributed by atoms with E-state index in [4.69, 9.17) is 11.6 Å². The summed E-state index contributed by atoms with van der Waals surface area (Å²) in [5.74, 6) is 0.286. The van der Waals surface area contributed by atoms with Crippen molar-refractivity contribution < 1.29 is 4.79 Å². The number of nitriles is 1. The number of thioether (sulfide) groups is 1. The van der Waals surface area contributed by atoms with Gasteiger partial charge in [-0.1, -0.05) is 23.4 Å². The lowest BCUT2D eigenvalue weighted by Crippen LogP contribution is -2.47. The molecule has 0 aliphatic heterocycles. The van der Waals surface area contributed by atoms with Crippen LogP contribution < -0.4 is 5.32 Å². The third-order valence-corrected chi connectivity index (χ3v) is 4.73. The molecule has 8 heteroatoms. The molecule has 0 spiro atoms. The number of H-pyrrole nitrogens is 1. The number of pyridine rings is 1. The predicted octanol–water partition coefficient (Wildman–Crippen LogP) is 2.51. The number of nitrogens with zero attached hydrogens (tertiary/aromatic N) is 3. The van der Waals surface area contributed by atoms with Crippen LogP contribution in [0.15, 0.2) is 17.4 Å². The van der Waals surface area contributed by atoms with Crippen LogP contribution in [0.4, 0.5) is 0 Å². The summed E-state index contributed by atoms with van der Waals surface area (Å²) in [6.07, 6.45) is 3.51. The molecule has 0 radical (unpaired) electrons. The molecule has 0 aromatic carbocycles. The first kappa shape index (κ1) is 15.1. The molecule has 2 N–H and O–H groups in total. The molecule has 1 aliphatic carbocycles. The van der Waals surface area contributed by atoms with Crippen LogP contribution >= 0.6 is 23.4 Å². The third-order valence-electron chi connectivity index (χ3n) is 3.65. The zero-order valence-electron chi connectivity index (χ0n) is 11.9. The van der Waals surface area contributed by atoms with Crippen LogP contribution in [0.1, 0.15) is 19.8 Å². The molecule has 114 valence electrons. The van der Waals surface area contributed by atoms with Gasteiger partial charge in [-0.25, -0.2) is 9.97 Å². The van der Waals surface area contributed by atoms with Gasteiger partial charge in [0.25, 0.3) is 0 Å². The summed E-state index contributed by atoms with van der Waals surface area (Å²) in [5.41, 5.74) is 0.531. The smallest absolute Gasteiger partial charge is 0.231 e. The van der Waals surface area contributed by atoms with E-state index < -0.39 is 5.54 Å². The number of fused-ring (bicyclic) bond motifs is 1. The van der Waals surface area contributed by atoms with Crippen LogP contribution in [0, 0.1) is 17.2 Å². The van der Waals surface area contributed by atoms with Crippen LogP contribution in [0.25, 0.3) is 11.2 Å². The molecule has 1 fully saturated rings. The Morgan fingerprint density at radius 3 is 3.14 bits per heavy atom. The molecule has 1 amide bonds. The highest BCUT2D eigenvalue weighted by atomic mass is 35.5. The Bertz CT molecular complexity index is 766.